The molecule has 0 fully saturated rings. The average Bonchev–Trinajstić information content (AvgIpc) is 2.51. The SMILES string of the molecule is O=C(O)Cn1cc(O)c(=O)cc1CN1CCc2ccccc2C1. The second-order valence-electron chi connectivity index (χ2n) is 5.77. The summed E-state index contributed by atoms with van der Waals surface area (Å²) in [7, 11) is 0. The van der Waals surface area contributed by atoms with Crippen LogP contribution < -0.4 is 5.43 Å². The van der Waals surface area contributed by atoms with Gasteiger partial charge in [-0.25, -0.2) is 0 Å². The van der Waals surface area contributed by atoms with Crippen molar-refractivity contribution >= 4 is 5.97 Å². The van der Waals surface area contributed by atoms with E-state index in [9.17, 15) is 14.7 Å². The van der Waals surface area contributed by atoms with Crippen molar-refractivity contribution in [2.75, 3.05) is 6.54 Å². The zero-order valence-electron chi connectivity index (χ0n) is 12.6. The second-order valence-corrected chi connectivity index (χ2v) is 5.77. The molecule has 1 aromatic heterocycles. The molecule has 2 N–H and O–H groups in total. The number of hydrogen-bond acceptors (Lipinski definition) is 4. The van der Waals surface area contributed by atoms with Crippen molar-refractivity contribution < 1.29 is 15.0 Å². The summed E-state index contributed by atoms with van der Waals surface area (Å²) in [6.07, 6.45) is 2.13. The number of carboxylic acids is 1. The molecule has 0 atom stereocenters. The summed E-state index contributed by atoms with van der Waals surface area (Å²) >= 11 is 0. The lowest BCUT2D eigenvalue weighted by Crippen LogP contribution is -2.32. The Morgan fingerprint density at radius 2 is 1.96 bits per heavy atom. The standard InChI is InChI=1S/C17H18N2O4/c20-15-7-14(19(10-16(15)21)11-17(22)23)9-18-6-5-12-3-1-2-4-13(12)8-18/h1-4,7,10,21H,5-6,8-9,11H2,(H,22,23). The average molecular weight is 314 g/mol. The van der Waals surface area contributed by atoms with Crippen LogP contribution in [0.15, 0.2) is 41.3 Å². The fourth-order valence-corrected chi connectivity index (χ4v) is 2.95. The molecule has 0 saturated carbocycles. The van der Waals surface area contributed by atoms with Gasteiger partial charge in [-0.05, 0) is 17.5 Å². The van der Waals surface area contributed by atoms with Crippen LogP contribution in [0.25, 0.3) is 0 Å². The van der Waals surface area contributed by atoms with Gasteiger partial charge in [0.05, 0.1) is 6.20 Å². The van der Waals surface area contributed by atoms with Crippen LogP contribution in [0.4, 0.5) is 0 Å². The first-order chi connectivity index (χ1) is 11.0. The van der Waals surface area contributed by atoms with E-state index in [1.807, 2.05) is 12.1 Å². The highest BCUT2D eigenvalue weighted by Gasteiger charge is 2.18. The third-order valence-electron chi connectivity index (χ3n) is 4.10. The number of aromatic hydroxyl groups is 1. The molecule has 0 unspecified atom stereocenters. The normalized spacial score (nSPS) is 14.4. The third kappa shape index (κ3) is 3.43. The van der Waals surface area contributed by atoms with Crippen LogP contribution in [0.1, 0.15) is 16.8 Å². The maximum absolute atomic E-state index is 11.7. The van der Waals surface area contributed by atoms with E-state index in [0.29, 0.717) is 12.2 Å². The van der Waals surface area contributed by atoms with Gasteiger partial charge in [0.25, 0.3) is 0 Å². The topological polar surface area (TPSA) is 82.8 Å². The molecule has 0 aliphatic carbocycles. The molecule has 0 amide bonds. The van der Waals surface area contributed by atoms with Crippen LogP contribution in [0.5, 0.6) is 5.75 Å². The van der Waals surface area contributed by atoms with E-state index < -0.39 is 17.1 Å². The Hall–Kier alpha value is -2.60. The zero-order chi connectivity index (χ0) is 16.4. The van der Waals surface area contributed by atoms with Crippen molar-refractivity contribution in [3.8, 4) is 5.75 Å². The number of pyridine rings is 1. The molecule has 0 saturated heterocycles. The van der Waals surface area contributed by atoms with Crippen LogP contribution in [-0.2, 0) is 30.8 Å². The number of carbonyl (C=O) groups is 1. The van der Waals surface area contributed by atoms with Crippen LogP contribution in [-0.4, -0.2) is 32.2 Å². The summed E-state index contributed by atoms with van der Waals surface area (Å²) in [6, 6.07) is 9.55. The lowest BCUT2D eigenvalue weighted by Gasteiger charge is -2.29. The van der Waals surface area contributed by atoms with E-state index in [1.165, 1.54) is 28.0 Å². The van der Waals surface area contributed by atoms with Crippen LogP contribution >= 0.6 is 0 Å². The molecule has 0 radical (unpaired) electrons. The summed E-state index contributed by atoms with van der Waals surface area (Å²) in [5, 5.41) is 18.5. The summed E-state index contributed by atoms with van der Waals surface area (Å²) < 4.78 is 1.42. The van der Waals surface area contributed by atoms with Crippen LogP contribution in [0, 0.1) is 0 Å². The molecular formula is C17H18N2O4. The number of hydrogen-bond donors (Lipinski definition) is 2. The number of aromatic nitrogens is 1. The van der Waals surface area contributed by atoms with Gasteiger partial charge in [0, 0.05) is 31.4 Å². The number of rotatable bonds is 4. The van der Waals surface area contributed by atoms with Crippen molar-refractivity contribution in [3.63, 3.8) is 0 Å². The largest absolute Gasteiger partial charge is 0.503 e. The molecule has 120 valence electrons. The minimum atomic E-state index is -1.02. The lowest BCUT2D eigenvalue weighted by atomic mass is 10.00. The van der Waals surface area contributed by atoms with Crippen molar-refractivity contribution in [2.45, 2.75) is 26.1 Å². The van der Waals surface area contributed by atoms with E-state index in [2.05, 4.69) is 17.0 Å². The quantitative estimate of drug-likeness (QED) is 0.886. The molecule has 1 aromatic carbocycles. The molecule has 2 aromatic rings. The first-order valence-corrected chi connectivity index (χ1v) is 7.46. The third-order valence-corrected chi connectivity index (χ3v) is 4.10. The number of fused-ring (bicyclic) bond motifs is 1. The number of carboxylic acid groups (broad SMARTS) is 1. The Morgan fingerprint density at radius 1 is 1.22 bits per heavy atom. The molecule has 2 heterocycles. The Kier molecular flexibility index (Phi) is 4.16. The van der Waals surface area contributed by atoms with Crippen LogP contribution in [0.3, 0.4) is 0 Å². The van der Waals surface area contributed by atoms with Crippen molar-refractivity contribution in [3.05, 3.63) is 63.6 Å². The summed E-state index contributed by atoms with van der Waals surface area (Å²) in [5.74, 6) is -1.45. The first kappa shape index (κ1) is 15.3. The zero-order valence-corrected chi connectivity index (χ0v) is 12.6. The first-order valence-electron chi connectivity index (χ1n) is 7.46. The molecular weight excluding hydrogens is 296 g/mol. The highest BCUT2D eigenvalue weighted by molar-refractivity contribution is 5.66. The van der Waals surface area contributed by atoms with Gasteiger partial charge in [-0.2, -0.15) is 0 Å². The highest BCUT2D eigenvalue weighted by Crippen LogP contribution is 2.20. The highest BCUT2D eigenvalue weighted by atomic mass is 16.4. The summed E-state index contributed by atoms with van der Waals surface area (Å²) in [5.41, 5.74) is 2.69. The van der Waals surface area contributed by atoms with Gasteiger partial charge in [-0.1, -0.05) is 24.3 Å². The van der Waals surface area contributed by atoms with Crippen molar-refractivity contribution in [1.29, 1.82) is 0 Å². The lowest BCUT2D eigenvalue weighted by molar-refractivity contribution is -0.137. The van der Waals surface area contributed by atoms with Crippen molar-refractivity contribution in [1.82, 2.24) is 9.47 Å². The van der Waals surface area contributed by atoms with Gasteiger partial charge in [-0.15, -0.1) is 0 Å². The van der Waals surface area contributed by atoms with E-state index >= 15 is 0 Å². The maximum atomic E-state index is 11.7. The van der Waals surface area contributed by atoms with Gasteiger partial charge in [0.15, 0.2) is 5.75 Å². The smallest absolute Gasteiger partial charge is 0.323 e. The van der Waals surface area contributed by atoms with E-state index in [4.69, 9.17) is 5.11 Å². The van der Waals surface area contributed by atoms with Gasteiger partial charge in [-0.3, -0.25) is 14.5 Å². The van der Waals surface area contributed by atoms with E-state index in [1.54, 1.807) is 0 Å². The molecule has 1 aliphatic rings. The summed E-state index contributed by atoms with van der Waals surface area (Å²) in [4.78, 5) is 24.8. The Morgan fingerprint density at radius 3 is 2.70 bits per heavy atom. The fraction of sp³-hybridized carbons (Fsp3) is 0.294. The minimum absolute atomic E-state index is 0.284. The molecule has 6 heteroatoms. The molecule has 23 heavy (non-hydrogen) atoms. The van der Waals surface area contributed by atoms with Gasteiger partial charge in [0.1, 0.15) is 6.54 Å². The van der Waals surface area contributed by atoms with Gasteiger partial charge in [0.2, 0.25) is 5.43 Å². The van der Waals surface area contributed by atoms with Crippen LogP contribution in [0.2, 0.25) is 0 Å². The molecule has 6 nitrogen and oxygen atoms in total. The minimum Gasteiger partial charge on any atom is -0.503 e. The maximum Gasteiger partial charge on any atom is 0.323 e. The summed E-state index contributed by atoms with van der Waals surface area (Å²) in [6.45, 7) is 1.79. The predicted octanol–water partition coefficient (Wildman–Crippen LogP) is 1.20. The second kappa shape index (κ2) is 6.26. The van der Waals surface area contributed by atoms with E-state index in [0.717, 1.165) is 19.5 Å². The molecule has 1 aliphatic heterocycles. The number of aliphatic carboxylic acids is 1. The number of nitrogens with zero attached hydrogens (tertiary/aromatic N) is 2. The van der Waals surface area contributed by atoms with E-state index in [-0.39, 0.29) is 6.54 Å². The molecule has 0 spiro atoms. The Labute approximate surface area is 133 Å². The van der Waals surface area contributed by atoms with Crippen molar-refractivity contribution in [2.24, 2.45) is 0 Å². The Bertz CT molecular complexity index is 797. The monoisotopic (exact) mass is 314 g/mol. The van der Waals surface area contributed by atoms with Gasteiger partial charge < -0.3 is 14.8 Å². The predicted molar refractivity (Wildman–Crippen MR) is 84.3 cm³/mol. The fourth-order valence-electron chi connectivity index (χ4n) is 2.95. The number of benzene rings is 1. The van der Waals surface area contributed by atoms with Gasteiger partial charge >= 0.3 is 5.97 Å². The Balaban J connectivity index is 1.84. The molecule has 0 bridgehead atoms. The molecule has 3 rings (SSSR count).